The number of rotatable bonds is 5. The van der Waals surface area contributed by atoms with E-state index in [0.29, 0.717) is 12.6 Å². The zero-order valence-electron chi connectivity index (χ0n) is 11.4. The second-order valence-electron chi connectivity index (χ2n) is 5.22. The molecule has 1 fully saturated rings. The lowest BCUT2D eigenvalue weighted by Gasteiger charge is -2.33. The molecule has 4 heteroatoms. The van der Waals surface area contributed by atoms with Crippen molar-refractivity contribution in [2.45, 2.75) is 24.8 Å². The maximum absolute atomic E-state index is 11.5. The van der Waals surface area contributed by atoms with E-state index < -0.39 is 11.9 Å². The Morgan fingerprint density at radius 1 is 1.37 bits per heavy atom. The number of aliphatic carboxylic acids is 1. The van der Waals surface area contributed by atoms with Gasteiger partial charge in [0.05, 0.1) is 5.92 Å². The van der Waals surface area contributed by atoms with E-state index in [-0.39, 0.29) is 0 Å². The Kier molecular flexibility index (Phi) is 4.93. The molecule has 0 radical (unpaired) electrons. The summed E-state index contributed by atoms with van der Waals surface area (Å²) in [6, 6.07) is 10.0. The van der Waals surface area contributed by atoms with Crippen LogP contribution < -0.4 is 5.32 Å². The number of benzene rings is 1. The number of piperidine rings is 1. The molecule has 0 aromatic heterocycles. The van der Waals surface area contributed by atoms with Crippen LogP contribution in [0.25, 0.3) is 0 Å². The number of carboxylic acids is 1. The van der Waals surface area contributed by atoms with Gasteiger partial charge in [-0.1, -0.05) is 30.3 Å². The Morgan fingerprint density at radius 3 is 2.58 bits per heavy atom. The number of likely N-dealkylation sites (N-methyl/N-ethyl adjacent to an activating group) is 1. The van der Waals surface area contributed by atoms with Crippen molar-refractivity contribution in [2.75, 3.05) is 26.7 Å². The van der Waals surface area contributed by atoms with Crippen molar-refractivity contribution >= 4 is 5.97 Å². The molecule has 1 aromatic rings. The van der Waals surface area contributed by atoms with Crippen molar-refractivity contribution in [1.29, 1.82) is 0 Å². The van der Waals surface area contributed by atoms with Crippen LogP contribution in [0.15, 0.2) is 30.3 Å². The first-order valence-corrected chi connectivity index (χ1v) is 6.87. The van der Waals surface area contributed by atoms with Gasteiger partial charge in [0.15, 0.2) is 0 Å². The van der Waals surface area contributed by atoms with E-state index in [4.69, 9.17) is 0 Å². The summed E-state index contributed by atoms with van der Waals surface area (Å²) in [5, 5.41) is 12.8. The first-order chi connectivity index (χ1) is 9.18. The SMILES string of the molecule is CN(CC(C(=O)O)c1ccccc1)C1CCNCC1. The third-order valence-electron chi connectivity index (χ3n) is 3.90. The van der Waals surface area contributed by atoms with E-state index in [1.54, 1.807) is 0 Å². The molecule has 0 amide bonds. The minimum absolute atomic E-state index is 0.443. The van der Waals surface area contributed by atoms with E-state index >= 15 is 0 Å². The van der Waals surface area contributed by atoms with Gasteiger partial charge in [0.2, 0.25) is 0 Å². The highest BCUT2D eigenvalue weighted by Gasteiger charge is 2.25. The second kappa shape index (κ2) is 6.68. The zero-order valence-corrected chi connectivity index (χ0v) is 11.4. The first kappa shape index (κ1) is 14.0. The molecule has 2 rings (SSSR count). The van der Waals surface area contributed by atoms with Gasteiger partial charge >= 0.3 is 5.97 Å². The minimum atomic E-state index is -0.744. The summed E-state index contributed by atoms with van der Waals surface area (Å²) in [4.78, 5) is 13.7. The summed E-state index contributed by atoms with van der Waals surface area (Å²) in [6.45, 7) is 2.63. The van der Waals surface area contributed by atoms with Crippen LogP contribution in [0, 0.1) is 0 Å². The molecule has 19 heavy (non-hydrogen) atoms. The topological polar surface area (TPSA) is 52.6 Å². The molecule has 2 N–H and O–H groups in total. The molecule has 0 aliphatic carbocycles. The van der Waals surface area contributed by atoms with Crippen molar-refractivity contribution in [3.05, 3.63) is 35.9 Å². The number of nitrogens with one attached hydrogen (secondary N) is 1. The summed E-state index contributed by atoms with van der Waals surface area (Å²) >= 11 is 0. The van der Waals surface area contributed by atoms with Crippen molar-refractivity contribution in [2.24, 2.45) is 0 Å². The largest absolute Gasteiger partial charge is 0.481 e. The molecular formula is C15H22N2O2. The number of nitrogens with zero attached hydrogens (tertiary/aromatic N) is 1. The van der Waals surface area contributed by atoms with Crippen LogP contribution in [-0.2, 0) is 4.79 Å². The third-order valence-corrected chi connectivity index (χ3v) is 3.90. The summed E-state index contributed by atoms with van der Waals surface area (Å²) in [6.07, 6.45) is 2.19. The maximum atomic E-state index is 11.5. The summed E-state index contributed by atoms with van der Waals surface area (Å²) in [5.41, 5.74) is 0.885. The predicted octanol–water partition coefficient (Wildman–Crippen LogP) is 1.54. The van der Waals surface area contributed by atoms with Crippen molar-refractivity contribution in [3.63, 3.8) is 0 Å². The van der Waals surface area contributed by atoms with Crippen LogP contribution in [0.3, 0.4) is 0 Å². The van der Waals surface area contributed by atoms with Gasteiger partial charge in [-0.2, -0.15) is 0 Å². The van der Waals surface area contributed by atoms with Crippen LogP contribution in [0.2, 0.25) is 0 Å². The van der Waals surface area contributed by atoms with Crippen molar-refractivity contribution < 1.29 is 9.90 Å². The molecule has 1 aliphatic heterocycles. The summed E-state index contributed by atoms with van der Waals surface area (Å²) in [5.74, 6) is -1.19. The Balaban J connectivity index is 2.02. The molecule has 1 heterocycles. The van der Waals surface area contributed by atoms with Crippen LogP contribution in [0.1, 0.15) is 24.3 Å². The average molecular weight is 262 g/mol. The predicted molar refractivity (Wildman–Crippen MR) is 75.3 cm³/mol. The lowest BCUT2D eigenvalue weighted by Crippen LogP contribution is -2.43. The lowest BCUT2D eigenvalue weighted by atomic mass is 9.97. The molecule has 0 bridgehead atoms. The molecule has 104 valence electrons. The van der Waals surface area contributed by atoms with Crippen LogP contribution in [-0.4, -0.2) is 48.7 Å². The number of carbonyl (C=O) groups is 1. The minimum Gasteiger partial charge on any atom is -0.481 e. The molecule has 4 nitrogen and oxygen atoms in total. The Morgan fingerprint density at radius 2 is 2.00 bits per heavy atom. The highest BCUT2D eigenvalue weighted by atomic mass is 16.4. The normalized spacial score (nSPS) is 18.4. The standard InChI is InChI=1S/C15H22N2O2/c1-17(13-7-9-16-10-8-13)11-14(15(18)19)12-5-3-2-4-6-12/h2-6,13-14,16H,7-11H2,1H3,(H,18,19). The molecule has 1 saturated heterocycles. The van der Waals surface area contributed by atoms with E-state index in [2.05, 4.69) is 10.2 Å². The van der Waals surface area contributed by atoms with E-state index in [1.165, 1.54) is 0 Å². The summed E-state index contributed by atoms with van der Waals surface area (Å²) in [7, 11) is 2.04. The first-order valence-electron chi connectivity index (χ1n) is 6.87. The maximum Gasteiger partial charge on any atom is 0.312 e. The molecular weight excluding hydrogens is 240 g/mol. The lowest BCUT2D eigenvalue weighted by molar-refractivity contribution is -0.139. The summed E-state index contributed by atoms with van der Waals surface area (Å²) < 4.78 is 0. The van der Waals surface area contributed by atoms with Crippen LogP contribution >= 0.6 is 0 Å². The fraction of sp³-hybridized carbons (Fsp3) is 0.533. The molecule has 1 atom stereocenters. The second-order valence-corrected chi connectivity index (χ2v) is 5.22. The molecule has 0 saturated carbocycles. The van der Waals surface area contributed by atoms with Crippen molar-refractivity contribution in [3.8, 4) is 0 Å². The Hall–Kier alpha value is -1.39. The van der Waals surface area contributed by atoms with Gasteiger partial charge in [-0.15, -0.1) is 0 Å². The average Bonchev–Trinajstić information content (AvgIpc) is 2.46. The highest BCUT2D eigenvalue weighted by Crippen LogP contribution is 2.20. The highest BCUT2D eigenvalue weighted by molar-refractivity contribution is 5.76. The van der Waals surface area contributed by atoms with Gasteiger partial charge in [-0.3, -0.25) is 4.79 Å². The number of hydrogen-bond donors (Lipinski definition) is 2. The van der Waals surface area contributed by atoms with Gasteiger partial charge in [0.1, 0.15) is 0 Å². The van der Waals surface area contributed by atoms with E-state index in [0.717, 1.165) is 31.5 Å². The smallest absolute Gasteiger partial charge is 0.312 e. The Labute approximate surface area is 114 Å². The van der Waals surface area contributed by atoms with Gasteiger partial charge in [-0.05, 0) is 38.5 Å². The monoisotopic (exact) mass is 262 g/mol. The van der Waals surface area contributed by atoms with Gasteiger partial charge in [0, 0.05) is 12.6 Å². The fourth-order valence-electron chi connectivity index (χ4n) is 2.70. The quantitative estimate of drug-likeness (QED) is 0.845. The number of carboxylic acid groups (broad SMARTS) is 1. The third kappa shape index (κ3) is 3.78. The zero-order chi connectivity index (χ0) is 13.7. The van der Waals surface area contributed by atoms with Crippen LogP contribution in [0.4, 0.5) is 0 Å². The molecule has 1 unspecified atom stereocenters. The Bertz CT molecular complexity index is 402. The van der Waals surface area contributed by atoms with Crippen LogP contribution in [0.5, 0.6) is 0 Å². The fourth-order valence-corrected chi connectivity index (χ4v) is 2.70. The number of hydrogen-bond acceptors (Lipinski definition) is 3. The molecule has 1 aliphatic rings. The molecule has 0 spiro atoms. The van der Waals surface area contributed by atoms with E-state index in [9.17, 15) is 9.90 Å². The molecule has 1 aromatic carbocycles. The van der Waals surface area contributed by atoms with Crippen molar-refractivity contribution in [1.82, 2.24) is 10.2 Å². The van der Waals surface area contributed by atoms with Gasteiger partial charge < -0.3 is 15.3 Å². The van der Waals surface area contributed by atoms with E-state index in [1.807, 2.05) is 37.4 Å². The van der Waals surface area contributed by atoms with Gasteiger partial charge in [-0.25, -0.2) is 0 Å². The van der Waals surface area contributed by atoms with Gasteiger partial charge in [0.25, 0.3) is 0 Å².